The van der Waals surface area contributed by atoms with Crippen molar-refractivity contribution >= 4 is 0 Å². The van der Waals surface area contributed by atoms with E-state index in [-0.39, 0.29) is 5.92 Å². The largest absolute Gasteiger partial charge is 0.378 e. The number of rotatable bonds is 6. The molecule has 1 fully saturated rings. The van der Waals surface area contributed by atoms with Crippen molar-refractivity contribution in [2.75, 3.05) is 6.61 Å². The fourth-order valence-corrected chi connectivity index (χ4v) is 2.98. The molecule has 1 aromatic rings. The highest BCUT2D eigenvalue weighted by molar-refractivity contribution is 5.22. The third kappa shape index (κ3) is 4.55. The van der Waals surface area contributed by atoms with Gasteiger partial charge >= 0.3 is 0 Å². The Balaban J connectivity index is 1.79. The molecule has 1 saturated carbocycles. The van der Waals surface area contributed by atoms with Gasteiger partial charge < -0.3 is 4.74 Å². The van der Waals surface area contributed by atoms with Gasteiger partial charge in [0.15, 0.2) is 0 Å². The fourth-order valence-electron chi connectivity index (χ4n) is 2.98. The first-order valence-corrected chi connectivity index (χ1v) is 7.76. The Morgan fingerprint density at radius 1 is 1.00 bits per heavy atom. The molecule has 0 spiro atoms. The summed E-state index contributed by atoms with van der Waals surface area (Å²) in [5, 5.41) is 0. The average molecular weight is 282 g/mol. The predicted octanol–water partition coefficient (Wildman–Crippen LogP) is 5.20. The van der Waals surface area contributed by atoms with E-state index in [1.165, 1.54) is 25.0 Å². The van der Waals surface area contributed by atoms with Gasteiger partial charge in [0.05, 0.1) is 6.10 Å². The van der Waals surface area contributed by atoms with Crippen LogP contribution in [0.15, 0.2) is 18.2 Å². The van der Waals surface area contributed by atoms with Crippen LogP contribution < -0.4 is 0 Å². The third-order valence-corrected chi connectivity index (χ3v) is 4.13. The van der Waals surface area contributed by atoms with Crippen LogP contribution in [0.1, 0.15) is 63.4 Å². The first kappa shape index (κ1) is 15.4. The minimum Gasteiger partial charge on any atom is -0.378 e. The van der Waals surface area contributed by atoms with Crippen LogP contribution in [0.3, 0.4) is 0 Å². The topological polar surface area (TPSA) is 9.23 Å². The van der Waals surface area contributed by atoms with E-state index in [0.717, 1.165) is 50.3 Å². The van der Waals surface area contributed by atoms with Crippen molar-refractivity contribution in [3.63, 3.8) is 0 Å². The van der Waals surface area contributed by atoms with Gasteiger partial charge in [-0.25, -0.2) is 8.78 Å². The second-order valence-electron chi connectivity index (χ2n) is 5.75. The number of hydrogen-bond donors (Lipinski definition) is 0. The molecule has 0 aromatic heterocycles. The number of hydrogen-bond acceptors (Lipinski definition) is 1. The standard InChI is InChI=1S/C17H24F2O/c1-2-3-4-9-20-17-7-5-13(6-8-17)14-10-15(18)12-16(19)11-14/h10-13,17H,2-9H2,1H3. The molecule has 0 heterocycles. The molecule has 1 aliphatic carbocycles. The summed E-state index contributed by atoms with van der Waals surface area (Å²) in [6.07, 6.45) is 7.80. The Labute approximate surface area is 120 Å². The molecule has 0 saturated heterocycles. The smallest absolute Gasteiger partial charge is 0.126 e. The summed E-state index contributed by atoms with van der Waals surface area (Å²) in [6, 6.07) is 3.87. The molecule has 0 N–H and O–H groups in total. The first-order valence-electron chi connectivity index (χ1n) is 7.76. The van der Waals surface area contributed by atoms with E-state index in [0.29, 0.717) is 6.10 Å². The minimum atomic E-state index is -0.474. The number of ether oxygens (including phenoxy) is 1. The van der Waals surface area contributed by atoms with E-state index in [4.69, 9.17) is 4.74 Å². The van der Waals surface area contributed by atoms with E-state index < -0.39 is 11.6 Å². The van der Waals surface area contributed by atoms with Crippen molar-refractivity contribution < 1.29 is 13.5 Å². The quantitative estimate of drug-likeness (QED) is 0.652. The molecule has 112 valence electrons. The zero-order chi connectivity index (χ0) is 14.4. The average Bonchev–Trinajstić information content (AvgIpc) is 2.43. The normalized spacial score (nSPS) is 22.9. The molecule has 1 aromatic carbocycles. The van der Waals surface area contributed by atoms with Crippen molar-refractivity contribution in [3.05, 3.63) is 35.4 Å². The van der Waals surface area contributed by atoms with Crippen LogP contribution in [0.2, 0.25) is 0 Å². The molecule has 0 atom stereocenters. The molecule has 0 unspecified atom stereocenters. The Bertz CT molecular complexity index is 391. The summed E-state index contributed by atoms with van der Waals surface area (Å²) in [5.41, 5.74) is 0.798. The van der Waals surface area contributed by atoms with Crippen LogP contribution in [0.4, 0.5) is 8.78 Å². The highest BCUT2D eigenvalue weighted by Gasteiger charge is 2.23. The molecule has 0 aliphatic heterocycles. The van der Waals surface area contributed by atoms with Crippen molar-refractivity contribution in [1.29, 1.82) is 0 Å². The predicted molar refractivity (Wildman–Crippen MR) is 76.8 cm³/mol. The Hall–Kier alpha value is -0.960. The zero-order valence-electron chi connectivity index (χ0n) is 12.2. The first-order chi connectivity index (χ1) is 9.69. The van der Waals surface area contributed by atoms with Gasteiger partial charge in [0, 0.05) is 12.7 Å². The lowest BCUT2D eigenvalue weighted by Gasteiger charge is -2.29. The lowest BCUT2D eigenvalue weighted by Crippen LogP contribution is -2.21. The van der Waals surface area contributed by atoms with Gasteiger partial charge in [-0.2, -0.15) is 0 Å². The molecule has 3 heteroatoms. The van der Waals surface area contributed by atoms with Crippen LogP contribution in [-0.2, 0) is 4.74 Å². The maximum absolute atomic E-state index is 13.2. The lowest BCUT2D eigenvalue weighted by molar-refractivity contribution is 0.0227. The van der Waals surface area contributed by atoms with Crippen molar-refractivity contribution in [3.8, 4) is 0 Å². The summed E-state index contributed by atoms with van der Waals surface area (Å²) in [4.78, 5) is 0. The molecule has 0 radical (unpaired) electrons. The molecular weight excluding hydrogens is 258 g/mol. The number of benzene rings is 1. The monoisotopic (exact) mass is 282 g/mol. The highest BCUT2D eigenvalue weighted by Crippen LogP contribution is 2.34. The van der Waals surface area contributed by atoms with E-state index in [2.05, 4.69) is 6.92 Å². The Morgan fingerprint density at radius 3 is 2.25 bits per heavy atom. The van der Waals surface area contributed by atoms with Crippen LogP contribution >= 0.6 is 0 Å². The van der Waals surface area contributed by atoms with Gasteiger partial charge in [-0.05, 0) is 55.7 Å². The maximum atomic E-state index is 13.2. The second-order valence-corrected chi connectivity index (χ2v) is 5.75. The molecule has 1 nitrogen and oxygen atoms in total. The van der Waals surface area contributed by atoms with Crippen LogP contribution in [-0.4, -0.2) is 12.7 Å². The fraction of sp³-hybridized carbons (Fsp3) is 0.647. The lowest BCUT2D eigenvalue weighted by atomic mass is 9.82. The van der Waals surface area contributed by atoms with E-state index >= 15 is 0 Å². The van der Waals surface area contributed by atoms with Gasteiger partial charge in [0.1, 0.15) is 11.6 Å². The Morgan fingerprint density at radius 2 is 1.65 bits per heavy atom. The van der Waals surface area contributed by atoms with Crippen LogP contribution in [0.25, 0.3) is 0 Å². The second kappa shape index (κ2) is 7.72. The third-order valence-electron chi connectivity index (χ3n) is 4.13. The minimum absolute atomic E-state index is 0.274. The molecule has 1 aliphatic rings. The molecule has 0 amide bonds. The van der Waals surface area contributed by atoms with Crippen molar-refractivity contribution in [2.45, 2.75) is 63.9 Å². The van der Waals surface area contributed by atoms with Crippen molar-refractivity contribution in [1.82, 2.24) is 0 Å². The van der Waals surface area contributed by atoms with Crippen LogP contribution in [0, 0.1) is 11.6 Å². The van der Waals surface area contributed by atoms with E-state index in [1.807, 2.05) is 0 Å². The number of unbranched alkanes of at least 4 members (excludes halogenated alkanes) is 2. The number of halogens is 2. The summed E-state index contributed by atoms with van der Waals surface area (Å²) in [6.45, 7) is 3.03. The zero-order valence-corrected chi connectivity index (χ0v) is 12.2. The highest BCUT2D eigenvalue weighted by atomic mass is 19.1. The van der Waals surface area contributed by atoms with Gasteiger partial charge in [0.25, 0.3) is 0 Å². The maximum Gasteiger partial charge on any atom is 0.126 e. The molecular formula is C17H24F2O. The van der Waals surface area contributed by atoms with Crippen molar-refractivity contribution in [2.24, 2.45) is 0 Å². The molecule has 20 heavy (non-hydrogen) atoms. The van der Waals surface area contributed by atoms with Gasteiger partial charge in [-0.3, -0.25) is 0 Å². The summed E-state index contributed by atoms with van der Waals surface area (Å²) in [5.74, 6) is -0.674. The van der Waals surface area contributed by atoms with Gasteiger partial charge in [0.2, 0.25) is 0 Å². The SMILES string of the molecule is CCCCCOC1CCC(c2cc(F)cc(F)c2)CC1. The van der Waals surface area contributed by atoms with E-state index in [9.17, 15) is 8.78 Å². The Kier molecular flexibility index (Phi) is 5.96. The molecule has 2 rings (SSSR count). The van der Waals surface area contributed by atoms with E-state index in [1.54, 1.807) is 0 Å². The summed E-state index contributed by atoms with van der Waals surface area (Å²) >= 11 is 0. The summed E-state index contributed by atoms with van der Waals surface area (Å²) < 4.78 is 32.3. The molecule has 0 bridgehead atoms. The van der Waals surface area contributed by atoms with Gasteiger partial charge in [-0.1, -0.05) is 19.8 Å². The summed E-state index contributed by atoms with van der Waals surface area (Å²) in [7, 11) is 0. The van der Waals surface area contributed by atoms with Crippen LogP contribution in [0.5, 0.6) is 0 Å². The van der Waals surface area contributed by atoms with Gasteiger partial charge in [-0.15, -0.1) is 0 Å².